The molecule has 0 atom stereocenters. The molecule has 0 aliphatic carbocycles. The number of aliphatic carboxylic acids is 1. The zero-order valence-electron chi connectivity index (χ0n) is 15.4. The Balaban J connectivity index is 2.67. The maximum absolute atomic E-state index is 12.0. The molecule has 2 N–H and O–H groups in total. The first-order valence-corrected chi connectivity index (χ1v) is 7.89. The fraction of sp³-hybridized carbons (Fsp3) is 0.875. The van der Waals surface area contributed by atoms with Crippen LogP contribution < -0.4 is 5.32 Å². The summed E-state index contributed by atoms with van der Waals surface area (Å²) in [4.78, 5) is 26.9. The molecule has 0 saturated carbocycles. The molecule has 7 nitrogen and oxygen atoms in total. The van der Waals surface area contributed by atoms with Crippen LogP contribution in [0.5, 0.6) is 0 Å². The van der Waals surface area contributed by atoms with E-state index in [4.69, 9.17) is 4.74 Å². The van der Waals surface area contributed by atoms with Gasteiger partial charge >= 0.3 is 12.1 Å². The van der Waals surface area contributed by atoms with Gasteiger partial charge in [-0.25, -0.2) is 4.79 Å². The van der Waals surface area contributed by atoms with Crippen molar-refractivity contribution < 1.29 is 19.4 Å². The van der Waals surface area contributed by atoms with Gasteiger partial charge in [0.2, 0.25) is 0 Å². The van der Waals surface area contributed by atoms with Crippen molar-refractivity contribution in [2.24, 2.45) is 0 Å². The van der Waals surface area contributed by atoms with E-state index in [-0.39, 0.29) is 12.0 Å². The summed E-state index contributed by atoms with van der Waals surface area (Å²) in [5.41, 5.74) is -1.25. The van der Waals surface area contributed by atoms with Crippen LogP contribution in [0, 0.1) is 0 Å². The molecule has 0 spiro atoms. The van der Waals surface area contributed by atoms with Crippen molar-refractivity contribution in [2.45, 2.75) is 57.7 Å². The van der Waals surface area contributed by atoms with E-state index in [1.165, 1.54) is 0 Å². The van der Waals surface area contributed by atoms with E-state index < -0.39 is 23.2 Å². The van der Waals surface area contributed by atoms with Gasteiger partial charge in [-0.05, 0) is 48.7 Å². The first-order valence-electron chi connectivity index (χ1n) is 7.89. The highest BCUT2D eigenvalue weighted by Crippen LogP contribution is 2.27. The molecular weight excluding hydrogens is 298 g/mol. The van der Waals surface area contributed by atoms with E-state index in [1.807, 2.05) is 34.9 Å². The number of hydrogen-bond donors (Lipinski definition) is 2. The summed E-state index contributed by atoms with van der Waals surface area (Å²) in [6.45, 7) is 10.9. The van der Waals surface area contributed by atoms with E-state index in [0.717, 1.165) is 0 Å². The summed E-state index contributed by atoms with van der Waals surface area (Å²) >= 11 is 0. The Labute approximate surface area is 139 Å². The first-order chi connectivity index (χ1) is 10.3. The quantitative estimate of drug-likeness (QED) is 0.766. The summed E-state index contributed by atoms with van der Waals surface area (Å²) in [6.07, 6.45) is -0.414. The fourth-order valence-electron chi connectivity index (χ4n) is 2.28. The van der Waals surface area contributed by atoms with Gasteiger partial charge in [0.05, 0.1) is 12.0 Å². The molecule has 7 heteroatoms. The number of carbonyl (C=O) groups is 2. The molecule has 1 saturated heterocycles. The maximum atomic E-state index is 12.0. The van der Waals surface area contributed by atoms with Gasteiger partial charge in [-0.3, -0.25) is 4.79 Å². The van der Waals surface area contributed by atoms with Crippen LogP contribution in [-0.2, 0) is 9.53 Å². The van der Waals surface area contributed by atoms with Gasteiger partial charge in [0.15, 0.2) is 0 Å². The van der Waals surface area contributed by atoms with Crippen LogP contribution in [0.4, 0.5) is 4.79 Å². The van der Waals surface area contributed by atoms with E-state index in [0.29, 0.717) is 19.6 Å². The summed E-state index contributed by atoms with van der Waals surface area (Å²) in [6, 6.07) is 0. The molecule has 1 fully saturated rings. The van der Waals surface area contributed by atoms with Crippen LogP contribution in [0.2, 0.25) is 0 Å². The first kappa shape index (κ1) is 19.7. The van der Waals surface area contributed by atoms with Gasteiger partial charge in [-0.1, -0.05) is 0 Å². The maximum Gasteiger partial charge on any atom is 0.410 e. The molecule has 0 radical (unpaired) electrons. The van der Waals surface area contributed by atoms with Crippen LogP contribution in [0.15, 0.2) is 0 Å². The lowest BCUT2D eigenvalue weighted by molar-refractivity contribution is -0.141. The predicted molar refractivity (Wildman–Crippen MR) is 88.6 cm³/mol. The number of rotatable bonds is 6. The van der Waals surface area contributed by atoms with Crippen LogP contribution in [0.1, 0.15) is 41.0 Å². The number of nitrogens with one attached hydrogen (secondary N) is 1. The van der Waals surface area contributed by atoms with E-state index in [1.54, 1.807) is 4.90 Å². The molecule has 1 aliphatic rings. The third-order valence-electron chi connectivity index (χ3n) is 4.24. The number of carboxylic acids is 1. The van der Waals surface area contributed by atoms with Crippen LogP contribution in [0.25, 0.3) is 0 Å². The highest BCUT2D eigenvalue weighted by molar-refractivity contribution is 5.73. The average molecular weight is 329 g/mol. The van der Waals surface area contributed by atoms with E-state index in [9.17, 15) is 14.7 Å². The number of amides is 1. The van der Waals surface area contributed by atoms with Crippen molar-refractivity contribution in [3.05, 3.63) is 0 Å². The van der Waals surface area contributed by atoms with Crippen LogP contribution in [0.3, 0.4) is 0 Å². The Hall–Kier alpha value is -1.34. The topological polar surface area (TPSA) is 82.1 Å². The number of carboxylic acid groups (broad SMARTS) is 1. The largest absolute Gasteiger partial charge is 0.481 e. The number of likely N-dealkylation sites (tertiary alicyclic amines) is 1. The summed E-state index contributed by atoms with van der Waals surface area (Å²) in [5.74, 6) is -0.871. The Bertz CT molecular complexity index is 449. The molecule has 0 unspecified atom stereocenters. The molecule has 1 aliphatic heterocycles. The lowest BCUT2D eigenvalue weighted by Crippen LogP contribution is -2.72. The smallest absolute Gasteiger partial charge is 0.410 e. The number of ether oxygens (including phenoxy) is 1. The van der Waals surface area contributed by atoms with Crippen molar-refractivity contribution in [1.82, 2.24) is 15.1 Å². The summed E-state index contributed by atoms with van der Waals surface area (Å²) in [5, 5.41) is 12.5. The van der Waals surface area contributed by atoms with Crippen molar-refractivity contribution in [2.75, 3.05) is 33.7 Å². The minimum atomic E-state index is -0.871. The molecule has 0 aromatic carbocycles. The molecule has 23 heavy (non-hydrogen) atoms. The van der Waals surface area contributed by atoms with E-state index >= 15 is 0 Å². The number of nitrogens with zero attached hydrogens (tertiary/aromatic N) is 2. The van der Waals surface area contributed by atoms with E-state index in [2.05, 4.69) is 24.1 Å². The van der Waals surface area contributed by atoms with Crippen LogP contribution >= 0.6 is 0 Å². The van der Waals surface area contributed by atoms with Crippen LogP contribution in [-0.4, -0.2) is 77.4 Å². The fourth-order valence-corrected chi connectivity index (χ4v) is 2.28. The van der Waals surface area contributed by atoms with Crippen molar-refractivity contribution in [3.63, 3.8) is 0 Å². The average Bonchev–Trinajstić information content (AvgIpc) is 2.28. The molecule has 0 aromatic rings. The van der Waals surface area contributed by atoms with Crippen molar-refractivity contribution in [1.29, 1.82) is 0 Å². The molecule has 134 valence electrons. The highest BCUT2D eigenvalue weighted by atomic mass is 16.6. The number of carbonyl (C=O) groups excluding carboxylic acids is 1. The Kier molecular flexibility index (Phi) is 5.70. The Morgan fingerprint density at radius 2 is 1.74 bits per heavy atom. The second kappa shape index (κ2) is 6.65. The van der Waals surface area contributed by atoms with Gasteiger partial charge in [0.25, 0.3) is 0 Å². The second-order valence-electron chi connectivity index (χ2n) is 8.25. The number of likely N-dealkylation sites (N-methyl/N-ethyl adjacent to an activating group) is 1. The lowest BCUT2D eigenvalue weighted by Gasteiger charge is -2.51. The van der Waals surface area contributed by atoms with Gasteiger partial charge < -0.3 is 25.0 Å². The summed E-state index contributed by atoms with van der Waals surface area (Å²) < 4.78 is 5.33. The lowest BCUT2D eigenvalue weighted by atomic mass is 9.85. The zero-order chi connectivity index (χ0) is 18.1. The Morgan fingerprint density at radius 3 is 2.13 bits per heavy atom. The number of hydrogen-bond acceptors (Lipinski definition) is 5. The zero-order valence-corrected chi connectivity index (χ0v) is 15.4. The highest BCUT2D eigenvalue weighted by Gasteiger charge is 2.48. The Morgan fingerprint density at radius 1 is 1.22 bits per heavy atom. The second-order valence-corrected chi connectivity index (χ2v) is 8.25. The van der Waals surface area contributed by atoms with Crippen molar-refractivity contribution >= 4 is 12.1 Å². The van der Waals surface area contributed by atoms with Gasteiger partial charge in [-0.2, -0.15) is 0 Å². The predicted octanol–water partition coefficient (Wildman–Crippen LogP) is 1.38. The van der Waals surface area contributed by atoms with Gasteiger partial charge in [0, 0.05) is 25.2 Å². The normalized spacial score (nSPS) is 17.8. The molecule has 1 rings (SSSR count). The molecule has 1 amide bonds. The monoisotopic (exact) mass is 329 g/mol. The molecule has 0 bridgehead atoms. The SMILES string of the molecule is CN(C)C(C)(C)CNC1(CC(=O)O)CN(C(=O)OC(C)(C)C)C1. The standard InChI is InChI=1S/C16H31N3O4/c1-14(2,3)23-13(22)19-10-16(11-19,8-12(20)21)17-9-15(4,5)18(6)7/h17H,8-11H2,1-7H3,(H,20,21). The summed E-state index contributed by atoms with van der Waals surface area (Å²) in [7, 11) is 3.97. The van der Waals surface area contributed by atoms with Crippen molar-refractivity contribution in [3.8, 4) is 0 Å². The third-order valence-corrected chi connectivity index (χ3v) is 4.24. The molecule has 1 heterocycles. The van der Waals surface area contributed by atoms with Gasteiger partial charge in [-0.15, -0.1) is 0 Å². The molecular formula is C16H31N3O4. The minimum Gasteiger partial charge on any atom is -0.481 e. The van der Waals surface area contributed by atoms with Gasteiger partial charge in [0.1, 0.15) is 5.60 Å². The minimum absolute atomic E-state index is 0.0180. The third kappa shape index (κ3) is 5.66. The molecule has 0 aromatic heterocycles.